The van der Waals surface area contributed by atoms with Crippen LogP contribution in [0, 0.1) is 0 Å². The van der Waals surface area contributed by atoms with E-state index in [4.69, 9.17) is 9.47 Å². The Kier molecular flexibility index (Phi) is 4.46. The highest BCUT2D eigenvalue weighted by atomic mass is 16.7. The first-order valence-electron chi connectivity index (χ1n) is 10.8. The van der Waals surface area contributed by atoms with Gasteiger partial charge in [0.2, 0.25) is 12.7 Å². The van der Waals surface area contributed by atoms with Crippen molar-refractivity contribution in [3.8, 4) is 11.5 Å². The van der Waals surface area contributed by atoms with Crippen LogP contribution < -0.4 is 9.47 Å². The van der Waals surface area contributed by atoms with Crippen LogP contribution in [0.1, 0.15) is 28.4 Å². The number of benzene rings is 3. The van der Waals surface area contributed by atoms with Gasteiger partial charge >= 0.3 is 0 Å². The normalized spacial score (nSPS) is 17.1. The fourth-order valence-corrected chi connectivity index (χ4v) is 4.74. The zero-order valence-corrected chi connectivity index (χ0v) is 17.5. The number of hydrogen-bond acceptors (Lipinski definition) is 3. The summed E-state index contributed by atoms with van der Waals surface area (Å²) < 4.78 is 10.8. The molecule has 0 saturated carbocycles. The Morgan fingerprint density at radius 2 is 1.78 bits per heavy atom. The highest BCUT2D eigenvalue weighted by Gasteiger charge is 2.33. The second-order valence-corrected chi connectivity index (χ2v) is 8.10. The summed E-state index contributed by atoms with van der Waals surface area (Å²) >= 11 is 0. The number of aromatic amines is 1. The summed E-state index contributed by atoms with van der Waals surface area (Å²) in [4.78, 5) is 18.9. The Hall–Kier alpha value is -3.99. The van der Waals surface area contributed by atoms with Crippen molar-refractivity contribution < 1.29 is 14.3 Å². The Morgan fingerprint density at radius 1 is 0.969 bits per heavy atom. The van der Waals surface area contributed by atoms with Gasteiger partial charge in [0.25, 0.3) is 0 Å². The number of amides is 1. The van der Waals surface area contributed by atoms with Crippen molar-refractivity contribution in [1.29, 1.82) is 0 Å². The molecule has 2 aliphatic rings. The molecule has 0 fully saturated rings. The molecule has 158 valence electrons. The third-order valence-corrected chi connectivity index (χ3v) is 6.25. The van der Waals surface area contributed by atoms with Gasteiger partial charge in [-0.25, -0.2) is 0 Å². The standard InChI is InChI=1S/C27H22N2O3/c30-25(13-11-18-10-12-23-24(16-18)32-17-31-23)29-15-14-21-20-8-4-5-9-22(20)28-26(21)27(29)19-6-2-1-3-7-19/h1-13,16,27-28H,14-15,17H2/b13-11+. The largest absolute Gasteiger partial charge is 0.454 e. The molecule has 3 aromatic carbocycles. The number of aromatic nitrogens is 1. The number of carbonyl (C=O) groups excluding carboxylic acids is 1. The Bertz CT molecular complexity index is 1340. The minimum Gasteiger partial charge on any atom is -0.454 e. The summed E-state index contributed by atoms with van der Waals surface area (Å²) in [6.45, 7) is 0.902. The average molecular weight is 422 g/mol. The van der Waals surface area contributed by atoms with E-state index < -0.39 is 0 Å². The molecular weight excluding hydrogens is 400 g/mol. The van der Waals surface area contributed by atoms with Gasteiger partial charge in [-0.3, -0.25) is 4.79 Å². The first kappa shape index (κ1) is 18.8. The van der Waals surface area contributed by atoms with Crippen LogP contribution in [-0.4, -0.2) is 29.1 Å². The van der Waals surface area contributed by atoms with Crippen molar-refractivity contribution in [3.05, 3.63) is 101 Å². The first-order valence-corrected chi connectivity index (χ1v) is 10.8. The van der Waals surface area contributed by atoms with Gasteiger partial charge in [-0.2, -0.15) is 0 Å². The van der Waals surface area contributed by atoms with Crippen molar-refractivity contribution in [2.75, 3.05) is 13.3 Å². The number of nitrogens with one attached hydrogen (secondary N) is 1. The zero-order chi connectivity index (χ0) is 21.5. The third-order valence-electron chi connectivity index (χ3n) is 6.25. The molecule has 4 aromatic rings. The van der Waals surface area contributed by atoms with Gasteiger partial charge in [0.05, 0.1) is 6.04 Å². The van der Waals surface area contributed by atoms with Gasteiger partial charge in [-0.1, -0.05) is 54.6 Å². The smallest absolute Gasteiger partial charge is 0.247 e. The topological polar surface area (TPSA) is 54.6 Å². The van der Waals surface area contributed by atoms with Gasteiger partial charge in [-0.15, -0.1) is 0 Å². The maximum Gasteiger partial charge on any atom is 0.247 e. The molecule has 0 saturated heterocycles. The van der Waals surface area contributed by atoms with Gasteiger partial charge in [0, 0.05) is 29.2 Å². The van der Waals surface area contributed by atoms with Crippen LogP contribution in [0.3, 0.4) is 0 Å². The lowest BCUT2D eigenvalue weighted by Gasteiger charge is -2.35. The highest BCUT2D eigenvalue weighted by Crippen LogP contribution is 2.38. The van der Waals surface area contributed by atoms with E-state index in [1.54, 1.807) is 6.08 Å². The fourth-order valence-electron chi connectivity index (χ4n) is 4.74. The Morgan fingerprint density at radius 3 is 2.69 bits per heavy atom. The second-order valence-electron chi connectivity index (χ2n) is 8.10. The number of nitrogens with zero attached hydrogens (tertiary/aromatic N) is 1. The maximum atomic E-state index is 13.4. The highest BCUT2D eigenvalue weighted by molar-refractivity contribution is 5.93. The fraction of sp³-hybridized carbons (Fsp3) is 0.148. The van der Waals surface area contributed by atoms with Crippen molar-refractivity contribution >= 4 is 22.9 Å². The molecule has 1 N–H and O–H groups in total. The summed E-state index contributed by atoms with van der Waals surface area (Å²) in [5.74, 6) is 1.43. The summed E-state index contributed by atoms with van der Waals surface area (Å²) in [6.07, 6.45) is 4.32. The van der Waals surface area contributed by atoms with E-state index in [0.717, 1.165) is 34.5 Å². The molecule has 5 nitrogen and oxygen atoms in total. The summed E-state index contributed by atoms with van der Waals surface area (Å²) in [6, 6.07) is 24.1. The Labute approximate surface area is 185 Å². The van der Waals surface area contributed by atoms with Crippen molar-refractivity contribution in [3.63, 3.8) is 0 Å². The minimum atomic E-state index is -0.152. The molecule has 1 aromatic heterocycles. The summed E-state index contributed by atoms with van der Waals surface area (Å²) in [7, 11) is 0. The van der Waals surface area contributed by atoms with Crippen LogP contribution in [0.15, 0.2) is 78.9 Å². The van der Waals surface area contributed by atoms with Gasteiger partial charge in [0.15, 0.2) is 11.5 Å². The average Bonchev–Trinajstić information content (AvgIpc) is 3.46. The van der Waals surface area contributed by atoms with Crippen molar-refractivity contribution in [2.45, 2.75) is 12.5 Å². The predicted octanol–water partition coefficient (Wildman–Crippen LogP) is 5.08. The molecule has 0 spiro atoms. The van der Waals surface area contributed by atoms with E-state index in [1.807, 2.05) is 53.4 Å². The summed E-state index contributed by atoms with van der Waals surface area (Å²) in [5.41, 5.74) is 5.53. The van der Waals surface area contributed by atoms with Crippen LogP contribution >= 0.6 is 0 Å². The SMILES string of the molecule is O=C(/C=C/c1ccc2c(c1)OCO2)N1CCc2c([nH]c3ccccc23)C1c1ccccc1. The number of H-pyrrole nitrogens is 1. The van der Waals surface area contributed by atoms with Crippen LogP contribution in [0.25, 0.3) is 17.0 Å². The molecule has 0 aliphatic carbocycles. The van der Waals surface area contributed by atoms with E-state index >= 15 is 0 Å². The molecule has 3 heterocycles. The maximum absolute atomic E-state index is 13.4. The molecule has 0 radical (unpaired) electrons. The van der Waals surface area contributed by atoms with Crippen molar-refractivity contribution in [1.82, 2.24) is 9.88 Å². The molecule has 2 aliphatic heterocycles. The van der Waals surface area contributed by atoms with E-state index in [2.05, 4.69) is 35.3 Å². The molecule has 0 bridgehead atoms. The van der Waals surface area contributed by atoms with E-state index in [1.165, 1.54) is 10.9 Å². The number of para-hydroxylation sites is 1. The molecule has 32 heavy (non-hydrogen) atoms. The predicted molar refractivity (Wildman–Crippen MR) is 124 cm³/mol. The molecule has 1 amide bonds. The molecular formula is C27H22N2O3. The Balaban J connectivity index is 1.36. The molecule has 1 atom stereocenters. The van der Waals surface area contributed by atoms with Crippen LogP contribution in [0.5, 0.6) is 11.5 Å². The lowest BCUT2D eigenvalue weighted by atomic mass is 9.92. The van der Waals surface area contributed by atoms with Crippen molar-refractivity contribution in [2.24, 2.45) is 0 Å². The van der Waals surface area contributed by atoms with E-state index in [9.17, 15) is 4.79 Å². The van der Waals surface area contributed by atoms with Crippen LogP contribution in [-0.2, 0) is 11.2 Å². The number of carbonyl (C=O) groups is 1. The van der Waals surface area contributed by atoms with E-state index in [-0.39, 0.29) is 18.7 Å². The third kappa shape index (κ3) is 3.14. The minimum absolute atomic E-state index is 0.0131. The molecule has 1 unspecified atom stereocenters. The van der Waals surface area contributed by atoms with E-state index in [0.29, 0.717) is 12.3 Å². The van der Waals surface area contributed by atoms with Gasteiger partial charge < -0.3 is 19.4 Å². The number of ether oxygens (including phenoxy) is 2. The quantitative estimate of drug-likeness (QED) is 0.468. The number of hydrogen-bond donors (Lipinski definition) is 1. The lowest BCUT2D eigenvalue weighted by Crippen LogP contribution is -2.39. The van der Waals surface area contributed by atoms with Crippen LogP contribution in [0.4, 0.5) is 0 Å². The molecule has 5 heteroatoms. The first-order chi connectivity index (χ1) is 15.8. The van der Waals surface area contributed by atoms with Crippen LogP contribution in [0.2, 0.25) is 0 Å². The zero-order valence-electron chi connectivity index (χ0n) is 17.5. The summed E-state index contributed by atoms with van der Waals surface area (Å²) in [5, 5.41) is 1.24. The molecule has 6 rings (SSSR count). The number of rotatable bonds is 3. The van der Waals surface area contributed by atoms with Gasteiger partial charge in [0.1, 0.15) is 0 Å². The monoisotopic (exact) mass is 422 g/mol. The lowest BCUT2D eigenvalue weighted by molar-refractivity contribution is -0.128. The number of fused-ring (bicyclic) bond motifs is 4. The second kappa shape index (κ2) is 7.61. The van der Waals surface area contributed by atoms with Gasteiger partial charge in [-0.05, 0) is 47.4 Å².